The normalized spacial score (nSPS) is 9.58. The summed E-state index contributed by atoms with van der Waals surface area (Å²) in [5, 5.41) is 0. The Hall–Kier alpha value is 0.326. The van der Waals surface area contributed by atoms with Crippen LogP contribution in [0.3, 0.4) is 0 Å². The minimum atomic E-state index is -0.507. The molecule has 0 radical (unpaired) electrons. The van der Waals surface area contributed by atoms with Gasteiger partial charge in [-0.1, -0.05) is 6.07 Å². The highest BCUT2D eigenvalue weighted by molar-refractivity contribution is 9.23. The van der Waals surface area contributed by atoms with Crippen LogP contribution in [0.2, 0.25) is 4.55 Å². The Labute approximate surface area is 85.9 Å². The van der Waals surface area contributed by atoms with Crippen LogP contribution >= 0.6 is 12.9 Å². The Kier molecular flexibility index (Phi) is 4.46. The lowest BCUT2D eigenvalue weighted by molar-refractivity contribution is 0.573. The van der Waals surface area contributed by atoms with Gasteiger partial charge in [0.25, 0.3) is 0 Å². The van der Waals surface area contributed by atoms with Gasteiger partial charge in [0.15, 0.2) is 0 Å². The minimum Gasteiger partial charge on any atom is -0.307 e. The van der Waals surface area contributed by atoms with Crippen molar-refractivity contribution in [2.75, 3.05) is 0 Å². The molecule has 0 nitrogen and oxygen atoms in total. The Morgan fingerprint density at radius 3 is 2.67 bits per heavy atom. The van der Waals surface area contributed by atoms with Crippen LogP contribution in [-0.4, -0.2) is 18.2 Å². The van der Waals surface area contributed by atoms with Gasteiger partial charge in [-0.2, -0.15) is 0 Å². The average molecular weight is 245 g/mol. The molecule has 1 rings (SSSR count). The van der Waals surface area contributed by atoms with Crippen LogP contribution in [0.1, 0.15) is 5.56 Å². The van der Waals surface area contributed by atoms with Crippen molar-refractivity contribution in [1.82, 2.24) is 0 Å². The van der Waals surface area contributed by atoms with E-state index < -0.39 is 11.6 Å². The van der Waals surface area contributed by atoms with Crippen molar-refractivity contribution in [1.29, 1.82) is 0 Å². The van der Waals surface area contributed by atoms with Crippen molar-refractivity contribution in [3.8, 4) is 0 Å². The van der Waals surface area contributed by atoms with E-state index in [0.29, 0.717) is 12.0 Å². The van der Waals surface area contributed by atoms with Crippen molar-refractivity contribution >= 4 is 31.1 Å². The molecule has 12 heavy (non-hydrogen) atoms. The summed E-state index contributed by atoms with van der Waals surface area (Å²) in [4.78, 5) is 0. The first-order valence-electron chi connectivity index (χ1n) is 3.74. The fraction of sp³-hybridized carbons (Fsp3) is 0.250. The van der Waals surface area contributed by atoms with Gasteiger partial charge in [-0.05, 0) is 18.1 Å². The van der Waals surface area contributed by atoms with Gasteiger partial charge in [-0.25, -0.2) is 8.78 Å². The minimum absolute atomic E-state index is 0.203. The van der Waals surface area contributed by atoms with Crippen molar-refractivity contribution < 1.29 is 8.78 Å². The van der Waals surface area contributed by atoms with E-state index in [0.717, 1.165) is 10.6 Å². The summed E-state index contributed by atoms with van der Waals surface area (Å²) < 4.78 is 26.4. The molecule has 0 fully saturated rings. The third-order valence-corrected chi connectivity index (χ3v) is 3.90. The van der Waals surface area contributed by atoms with E-state index in [4.69, 9.17) is 0 Å². The number of aryl methyl sites for hydroxylation is 1. The molecule has 0 aliphatic rings. The molecule has 0 N–H and O–H groups in total. The molecule has 0 spiro atoms. The van der Waals surface area contributed by atoms with Crippen LogP contribution in [0.25, 0.3) is 0 Å². The van der Waals surface area contributed by atoms with Crippen LogP contribution in [0.5, 0.6) is 0 Å². The first kappa shape index (κ1) is 10.4. The van der Waals surface area contributed by atoms with E-state index >= 15 is 0 Å². The van der Waals surface area contributed by atoms with Crippen LogP contribution in [0, 0.1) is 11.6 Å². The zero-order valence-corrected chi connectivity index (χ0v) is 9.49. The topological polar surface area (TPSA) is 0 Å². The zero-order chi connectivity index (χ0) is 8.97. The fourth-order valence-corrected chi connectivity index (χ4v) is 2.34. The summed E-state index contributed by atoms with van der Waals surface area (Å²) in [6, 6.07) is 3.75. The summed E-state index contributed by atoms with van der Waals surface area (Å²) in [6.07, 6.45) is 0.712. The molecule has 0 unspecified atom stereocenters. The molecule has 4 heteroatoms. The molecule has 0 saturated heterocycles. The van der Waals surface area contributed by atoms with Crippen LogP contribution in [0.4, 0.5) is 8.78 Å². The summed E-state index contributed by atoms with van der Waals surface area (Å²) in [5.74, 6) is -0.933. The second-order valence-electron chi connectivity index (χ2n) is 2.53. The number of halogens is 3. The van der Waals surface area contributed by atoms with Gasteiger partial charge >= 0.3 is 18.2 Å². The van der Waals surface area contributed by atoms with Gasteiger partial charge in [0.1, 0.15) is 11.6 Å². The largest absolute Gasteiger partial charge is 0.468 e. The third-order valence-electron chi connectivity index (χ3n) is 1.59. The Morgan fingerprint density at radius 1 is 1.33 bits per heavy atom. The highest BCUT2D eigenvalue weighted by Crippen LogP contribution is 2.11. The van der Waals surface area contributed by atoms with E-state index in [1.54, 1.807) is 0 Å². The monoisotopic (exact) mass is 244 g/mol. The average Bonchev–Trinajstić information content (AvgIpc) is 2.03. The first-order chi connectivity index (χ1) is 5.74. The summed E-state index contributed by atoms with van der Waals surface area (Å²) >= 11 is 3.18. The maximum atomic E-state index is 12.9. The van der Waals surface area contributed by atoms with E-state index in [1.807, 2.05) is 0 Å². The molecular weight excluding hydrogens is 238 g/mol. The molecule has 0 aliphatic carbocycles. The Morgan fingerprint density at radius 2 is 2.08 bits per heavy atom. The summed E-state index contributed by atoms with van der Waals surface area (Å²) in [7, 11) is 0. The molecule has 62 valence electrons. The molecule has 1 aromatic rings. The van der Waals surface area contributed by atoms with Gasteiger partial charge in [-0.3, -0.25) is 0 Å². The van der Waals surface area contributed by atoms with Crippen LogP contribution < -0.4 is 0 Å². The molecule has 1 aromatic carbocycles. The highest BCUT2D eigenvalue weighted by Gasteiger charge is 2.02. The molecule has 0 atom stereocenters. The maximum Gasteiger partial charge on any atom is 0.468 e. The first-order valence-corrected chi connectivity index (χ1v) is 8.64. The van der Waals surface area contributed by atoms with Gasteiger partial charge < -0.3 is 12.9 Å². The van der Waals surface area contributed by atoms with Gasteiger partial charge in [0.2, 0.25) is 0 Å². The third kappa shape index (κ3) is 2.99. The lowest BCUT2D eigenvalue weighted by Crippen LogP contribution is -1.92. The molecular formula is C8H7BrF2Mg. The molecule has 0 bridgehead atoms. The molecule has 0 heterocycles. The van der Waals surface area contributed by atoms with Crippen molar-refractivity contribution in [2.45, 2.75) is 11.0 Å². The number of hydrogen-bond donors (Lipinski definition) is 0. The van der Waals surface area contributed by atoms with E-state index in [2.05, 4.69) is 12.9 Å². The lowest BCUT2D eigenvalue weighted by Gasteiger charge is -2.00. The van der Waals surface area contributed by atoms with Crippen molar-refractivity contribution in [2.24, 2.45) is 0 Å². The van der Waals surface area contributed by atoms with Crippen LogP contribution in [-0.2, 0) is 6.42 Å². The molecule has 0 aliphatic heterocycles. The van der Waals surface area contributed by atoms with Crippen LogP contribution in [0.15, 0.2) is 18.2 Å². The predicted molar refractivity (Wildman–Crippen MR) is 49.6 cm³/mol. The Balaban J connectivity index is 2.72. The molecule has 0 saturated carbocycles. The second kappa shape index (κ2) is 5.14. The van der Waals surface area contributed by atoms with E-state index in [9.17, 15) is 8.78 Å². The summed E-state index contributed by atoms with van der Waals surface area (Å²) in [6.45, 7) is 0. The lowest BCUT2D eigenvalue weighted by atomic mass is 10.1. The number of rotatable bonds is 3. The molecule has 0 amide bonds. The molecule has 0 aromatic heterocycles. The van der Waals surface area contributed by atoms with Gasteiger partial charge in [0.05, 0.1) is 0 Å². The SMILES string of the molecule is Fc1ccc(C[CH2][Mg][Br])c(F)c1. The smallest absolute Gasteiger partial charge is 0.307 e. The fourth-order valence-electron chi connectivity index (χ4n) is 0.982. The van der Waals surface area contributed by atoms with Crippen molar-refractivity contribution in [3.63, 3.8) is 0 Å². The van der Waals surface area contributed by atoms with Gasteiger partial charge in [0, 0.05) is 6.07 Å². The predicted octanol–water partition coefficient (Wildman–Crippen LogP) is 2.94. The van der Waals surface area contributed by atoms with Crippen molar-refractivity contribution in [3.05, 3.63) is 35.4 Å². The second-order valence-corrected chi connectivity index (χ2v) is 5.99. The van der Waals surface area contributed by atoms with Gasteiger partial charge in [-0.15, -0.1) is 4.55 Å². The number of hydrogen-bond acceptors (Lipinski definition) is 0. The van der Waals surface area contributed by atoms with E-state index in [1.165, 1.54) is 12.1 Å². The highest BCUT2D eigenvalue weighted by atomic mass is 79.9. The van der Waals surface area contributed by atoms with E-state index in [-0.39, 0.29) is 18.2 Å². The quantitative estimate of drug-likeness (QED) is 0.718. The number of benzene rings is 1. The maximum absolute atomic E-state index is 12.9. The standard InChI is InChI=1S/C8H7F2.BrH.Mg/c1-2-6-3-4-7(9)5-8(6)10;;/h3-5H,1-2H2;1H;/q;;+1/p-1. The Bertz CT molecular complexity index is 265. The zero-order valence-electron chi connectivity index (χ0n) is 6.49. The summed E-state index contributed by atoms with van der Waals surface area (Å²) in [5.41, 5.74) is 0.614.